The van der Waals surface area contributed by atoms with Crippen molar-refractivity contribution in [3.05, 3.63) is 71.8 Å². The molecule has 0 saturated carbocycles. The second-order valence-corrected chi connectivity index (χ2v) is 14.3. The van der Waals surface area contributed by atoms with E-state index in [4.69, 9.17) is 74.0 Å². The number of fused-ring (bicyclic) bond motifs is 1. The van der Waals surface area contributed by atoms with Gasteiger partial charge in [0.2, 0.25) is 0 Å². The molecule has 5 fully saturated rings. The smallest absolute Gasteiger partial charge is 0.458 e. The van der Waals surface area contributed by atoms with Crippen LogP contribution in [-0.4, -0.2) is 187 Å². The van der Waals surface area contributed by atoms with Gasteiger partial charge in [0.25, 0.3) is 0 Å². The summed E-state index contributed by atoms with van der Waals surface area (Å²) in [5, 5.41) is 99.5. The molecule has 21 heteroatoms. The predicted molar refractivity (Wildman–Crippen MR) is 199 cm³/mol. The van der Waals surface area contributed by atoms with Crippen molar-refractivity contribution in [1.82, 2.24) is 0 Å². The van der Waals surface area contributed by atoms with E-state index in [-0.39, 0.29) is 52.3 Å². The molecule has 0 aromatic heterocycles. The molecule has 338 valence electrons. The Balaban J connectivity index is 0.000000183. The Kier molecular flexibility index (Phi) is 20.4. The fourth-order valence-corrected chi connectivity index (χ4v) is 6.33. The third-order valence-corrected chi connectivity index (χ3v) is 9.68. The Morgan fingerprint density at radius 1 is 0.517 bits per heavy atom. The van der Waals surface area contributed by atoms with Gasteiger partial charge in [-0.3, -0.25) is 0 Å². The number of aliphatic hydroxyl groups is 11. The zero-order valence-electron chi connectivity index (χ0n) is 32.5. The SMILES string of the molecule is O=C1O[C@@H]2C[C@@H](CO)OC(OCc3ccccc3)[C@@H]2O1.O=C1O[C@H](CO)C[C@@H](O)[C@H]1O.OC[C@@H]1C[C@@H](O)[C@@H](O)C(O)O1.OC[C@@H]1C[C@@H](O)[C@@H](O)C(OCc2ccccc2)O1. The summed E-state index contributed by atoms with van der Waals surface area (Å²) in [5.74, 6) is -0.872. The van der Waals surface area contributed by atoms with Crippen LogP contribution in [0.5, 0.6) is 0 Å². The number of cyclic esters (lactones) is 1. The highest BCUT2D eigenvalue weighted by Crippen LogP contribution is 2.31. The number of aliphatic hydroxyl groups excluding tert-OH is 11. The van der Waals surface area contributed by atoms with Gasteiger partial charge in [-0.25, -0.2) is 9.59 Å². The summed E-state index contributed by atoms with van der Waals surface area (Å²) >= 11 is 0. The molecule has 2 aromatic rings. The number of carbonyl (C=O) groups is 2. The second-order valence-electron chi connectivity index (χ2n) is 14.3. The summed E-state index contributed by atoms with van der Waals surface area (Å²) < 4.78 is 41.4. The summed E-state index contributed by atoms with van der Waals surface area (Å²) in [4.78, 5) is 21.8. The maximum Gasteiger partial charge on any atom is 0.509 e. The molecule has 0 spiro atoms. The average Bonchev–Trinajstić information content (AvgIpc) is 3.65. The minimum absolute atomic E-state index is 0.0867. The number of hydrogen-bond donors (Lipinski definition) is 11. The van der Waals surface area contributed by atoms with Crippen LogP contribution in [-0.2, 0) is 55.9 Å². The average molecular weight is 861 g/mol. The highest BCUT2D eigenvalue weighted by molar-refractivity contribution is 5.76. The zero-order valence-corrected chi connectivity index (χ0v) is 32.5. The lowest BCUT2D eigenvalue weighted by atomic mass is 10.0. The van der Waals surface area contributed by atoms with Crippen LogP contribution in [0, 0.1) is 0 Å². The van der Waals surface area contributed by atoms with E-state index in [1.807, 2.05) is 60.7 Å². The van der Waals surface area contributed by atoms with Crippen molar-refractivity contribution in [3.63, 3.8) is 0 Å². The Labute approximate surface area is 344 Å². The van der Waals surface area contributed by atoms with Crippen molar-refractivity contribution in [2.45, 2.75) is 131 Å². The van der Waals surface area contributed by atoms with Crippen molar-refractivity contribution in [1.29, 1.82) is 0 Å². The molecular formula is C39H56O21. The van der Waals surface area contributed by atoms with Crippen LogP contribution >= 0.6 is 0 Å². The first-order valence-corrected chi connectivity index (χ1v) is 19.3. The van der Waals surface area contributed by atoms with Crippen LogP contribution < -0.4 is 0 Å². The first kappa shape index (κ1) is 49.2. The number of rotatable bonds is 10. The molecule has 0 amide bonds. The van der Waals surface area contributed by atoms with Gasteiger partial charge in [0, 0.05) is 25.7 Å². The molecule has 0 aliphatic carbocycles. The monoisotopic (exact) mass is 860 g/mol. The summed E-state index contributed by atoms with van der Waals surface area (Å²) in [6, 6.07) is 19.1. The molecular weight excluding hydrogens is 804 g/mol. The number of carbonyl (C=O) groups excluding carboxylic acids is 2. The Morgan fingerprint density at radius 3 is 1.50 bits per heavy atom. The Morgan fingerprint density at radius 2 is 0.983 bits per heavy atom. The normalized spacial score (nSPS) is 36.0. The lowest BCUT2D eigenvalue weighted by Gasteiger charge is -2.36. The van der Waals surface area contributed by atoms with Gasteiger partial charge < -0.3 is 94.1 Å². The van der Waals surface area contributed by atoms with Crippen molar-refractivity contribution in [2.75, 3.05) is 26.4 Å². The van der Waals surface area contributed by atoms with Crippen molar-refractivity contribution in [3.8, 4) is 0 Å². The van der Waals surface area contributed by atoms with E-state index < -0.39 is 104 Å². The van der Waals surface area contributed by atoms with E-state index in [2.05, 4.69) is 4.74 Å². The second kappa shape index (κ2) is 24.8. The molecule has 2 aromatic carbocycles. The fourth-order valence-electron chi connectivity index (χ4n) is 6.33. The van der Waals surface area contributed by atoms with Crippen molar-refractivity contribution >= 4 is 12.1 Å². The molecule has 5 aliphatic heterocycles. The maximum atomic E-state index is 11.2. The molecule has 0 bridgehead atoms. The molecule has 21 nitrogen and oxygen atoms in total. The van der Waals surface area contributed by atoms with Gasteiger partial charge in [-0.05, 0) is 11.1 Å². The Bertz CT molecular complexity index is 1510. The molecule has 0 radical (unpaired) electrons. The number of esters is 1. The standard InChI is InChI=1S/C14H16O6.C13H18O5.C6H12O5.C6H10O5/c15-7-10-6-11-12(20-14(16)19-11)13(18-10)17-8-9-4-2-1-3-5-9;14-7-10-6-11(15)12(16)13(18-10)17-8-9-4-2-1-3-5-9;2*7-2-3-1-4(8)5(9)6(10)11-3/h1-5,10-13,15H,6-8H2;1-5,10-16H,6-8H2;3-10H,1-2H2;3-5,7-9H,1-2H2/t2*10-,11+,12+,13?;3-,4+,5+,6?;3-,4+,5+/m0000/s1. The van der Waals surface area contributed by atoms with E-state index in [1.165, 1.54) is 0 Å². The van der Waals surface area contributed by atoms with Crippen molar-refractivity contribution < 1.29 is 104 Å². The van der Waals surface area contributed by atoms with Crippen molar-refractivity contribution in [2.24, 2.45) is 0 Å². The number of ether oxygens (including phenoxy) is 8. The quantitative estimate of drug-likeness (QED) is 0.107. The third-order valence-electron chi connectivity index (χ3n) is 9.68. The van der Waals surface area contributed by atoms with E-state index >= 15 is 0 Å². The van der Waals surface area contributed by atoms with Gasteiger partial charge in [-0.15, -0.1) is 0 Å². The summed E-state index contributed by atoms with van der Waals surface area (Å²) in [6.07, 6.45) is -12.9. The summed E-state index contributed by atoms with van der Waals surface area (Å²) in [5.41, 5.74) is 1.94. The lowest BCUT2D eigenvalue weighted by Crippen LogP contribution is -2.50. The third kappa shape index (κ3) is 14.9. The molecule has 60 heavy (non-hydrogen) atoms. The van der Waals surface area contributed by atoms with E-state index in [0.717, 1.165) is 11.1 Å². The fraction of sp³-hybridized carbons (Fsp3) is 0.641. The van der Waals surface area contributed by atoms with Crippen LogP contribution in [0.25, 0.3) is 0 Å². The van der Waals surface area contributed by atoms with Crippen LogP contribution in [0.15, 0.2) is 60.7 Å². The maximum absolute atomic E-state index is 11.2. The molecule has 5 saturated heterocycles. The van der Waals surface area contributed by atoms with Crippen LogP contribution in [0.2, 0.25) is 0 Å². The first-order chi connectivity index (χ1) is 28.8. The van der Waals surface area contributed by atoms with Gasteiger partial charge in [0.1, 0.15) is 18.3 Å². The molecule has 11 N–H and O–H groups in total. The molecule has 7 rings (SSSR count). The summed E-state index contributed by atoms with van der Waals surface area (Å²) in [6.45, 7) is -0.310. The van der Waals surface area contributed by atoms with E-state index in [1.54, 1.807) is 0 Å². The highest BCUT2D eigenvalue weighted by Gasteiger charge is 2.49. The van der Waals surface area contributed by atoms with E-state index in [0.29, 0.717) is 13.0 Å². The van der Waals surface area contributed by atoms with Crippen LogP contribution in [0.1, 0.15) is 36.8 Å². The van der Waals surface area contributed by atoms with Gasteiger partial charge in [0.15, 0.2) is 37.2 Å². The molecule has 5 aliphatic rings. The minimum Gasteiger partial charge on any atom is -0.458 e. The predicted octanol–water partition coefficient (Wildman–Crippen LogP) is -2.93. The number of benzene rings is 2. The molecule has 3 unspecified atom stereocenters. The van der Waals surface area contributed by atoms with Crippen LogP contribution in [0.4, 0.5) is 4.79 Å². The topological polar surface area (TPSA) is 331 Å². The van der Waals surface area contributed by atoms with Gasteiger partial charge in [-0.1, -0.05) is 60.7 Å². The minimum atomic E-state index is -1.46. The molecule has 5 heterocycles. The summed E-state index contributed by atoms with van der Waals surface area (Å²) in [7, 11) is 0. The first-order valence-electron chi connectivity index (χ1n) is 19.3. The van der Waals surface area contributed by atoms with E-state index in [9.17, 15) is 24.9 Å². The lowest BCUT2D eigenvalue weighted by molar-refractivity contribution is -0.274. The largest absolute Gasteiger partial charge is 0.509 e. The molecule has 15 atom stereocenters. The highest BCUT2D eigenvalue weighted by atomic mass is 16.8. The van der Waals surface area contributed by atoms with Gasteiger partial charge >= 0.3 is 12.1 Å². The number of hydrogen-bond acceptors (Lipinski definition) is 21. The van der Waals surface area contributed by atoms with Crippen LogP contribution in [0.3, 0.4) is 0 Å². The Hall–Kier alpha value is -3.46. The zero-order chi connectivity index (χ0) is 43.8. The van der Waals surface area contributed by atoms with Gasteiger partial charge in [0.05, 0.1) is 76.3 Å². The van der Waals surface area contributed by atoms with Gasteiger partial charge in [-0.2, -0.15) is 0 Å².